The number of aromatic nitrogens is 1. The molecule has 0 saturated carbocycles. The zero-order valence-corrected chi connectivity index (χ0v) is 14.9. The quantitative estimate of drug-likeness (QED) is 0.664. The Morgan fingerprint density at radius 1 is 1.12 bits per heavy atom. The van der Waals surface area contributed by atoms with Crippen molar-refractivity contribution < 1.29 is 9.59 Å². The number of H-pyrrole nitrogens is 1. The molecule has 6 heteroatoms. The van der Waals surface area contributed by atoms with E-state index in [1.54, 1.807) is 12.1 Å². The molecule has 3 N–H and O–H groups in total. The summed E-state index contributed by atoms with van der Waals surface area (Å²) in [7, 11) is 0. The third kappa shape index (κ3) is 3.06. The van der Waals surface area contributed by atoms with Gasteiger partial charge in [0.15, 0.2) is 0 Å². The van der Waals surface area contributed by atoms with Gasteiger partial charge in [-0.2, -0.15) is 0 Å². The van der Waals surface area contributed by atoms with Crippen LogP contribution in [0.15, 0.2) is 48.5 Å². The summed E-state index contributed by atoms with van der Waals surface area (Å²) in [6.45, 7) is 1.49. The first-order chi connectivity index (χ1) is 12.5. The first-order valence-electron chi connectivity index (χ1n) is 8.45. The van der Waals surface area contributed by atoms with Crippen LogP contribution in [0.1, 0.15) is 34.6 Å². The number of hydrogen-bond donors (Lipinski definition) is 3. The fourth-order valence-electron chi connectivity index (χ4n) is 3.60. The van der Waals surface area contributed by atoms with E-state index in [1.807, 2.05) is 36.4 Å². The molecule has 1 aliphatic rings. The SMILES string of the molecule is CC(=O)N[C@H]1c2ccccc2C[C@H]1NC(=O)c1cc2cc(Cl)ccc2[nH]1. The average molecular weight is 368 g/mol. The van der Waals surface area contributed by atoms with E-state index in [2.05, 4.69) is 15.6 Å². The minimum Gasteiger partial charge on any atom is -0.351 e. The van der Waals surface area contributed by atoms with Crippen molar-refractivity contribution in [2.24, 2.45) is 0 Å². The Balaban J connectivity index is 1.58. The maximum absolute atomic E-state index is 12.7. The van der Waals surface area contributed by atoms with Crippen molar-refractivity contribution in [1.82, 2.24) is 15.6 Å². The minimum absolute atomic E-state index is 0.119. The number of carbonyl (C=O) groups excluding carboxylic acids is 2. The van der Waals surface area contributed by atoms with Gasteiger partial charge in [-0.05, 0) is 41.8 Å². The van der Waals surface area contributed by atoms with Crippen molar-refractivity contribution in [3.8, 4) is 0 Å². The highest BCUT2D eigenvalue weighted by Crippen LogP contribution is 2.31. The highest BCUT2D eigenvalue weighted by Gasteiger charge is 2.34. The van der Waals surface area contributed by atoms with Crippen LogP contribution in [0.5, 0.6) is 0 Å². The van der Waals surface area contributed by atoms with Crippen molar-refractivity contribution >= 4 is 34.3 Å². The van der Waals surface area contributed by atoms with Gasteiger partial charge in [-0.25, -0.2) is 0 Å². The maximum Gasteiger partial charge on any atom is 0.268 e. The third-order valence-corrected chi connectivity index (χ3v) is 4.97. The molecule has 3 aromatic rings. The number of aromatic amines is 1. The Bertz CT molecular complexity index is 1010. The molecule has 5 nitrogen and oxygen atoms in total. The maximum atomic E-state index is 12.7. The Morgan fingerprint density at radius 3 is 2.73 bits per heavy atom. The van der Waals surface area contributed by atoms with Crippen molar-refractivity contribution in [2.75, 3.05) is 0 Å². The van der Waals surface area contributed by atoms with Crippen molar-refractivity contribution in [3.05, 3.63) is 70.4 Å². The summed E-state index contributed by atoms with van der Waals surface area (Å²) in [6.07, 6.45) is 0.679. The summed E-state index contributed by atoms with van der Waals surface area (Å²) < 4.78 is 0. The summed E-state index contributed by atoms with van der Waals surface area (Å²) in [5.41, 5.74) is 3.52. The van der Waals surface area contributed by atoms with Gasteiger partial charge in [0.1, 0.15) is 5.69 Å². The monoisotopic (exact) mass is 367 g/mol. The van der Waals surface area contributed by atoms with Gasteiger partial charge in [0.2, 0.25) is 5.91 Å². The molecule has 0 saturated heterocycles. The first-order valence-corrected chi connectivity index (χ1v) is 8.83. The number of fused-ring (bicyclic) bond motifs is 2. The van der Waals surface area contributed by atoms with Crippen LogP contribution in [0.25, 0.3) is 10.9 Å². The largest absolute Gasteiger partial charge is 0.351 e. The normalized spacial score (nSPS) is 18.5. The Morgan fingerprint density at radius 2 is 1.92 bits per heavy atom. The number of carbonyl (C=O) groups is 2. The lowest BCUT2D eigenvalue weighted by atomic mass is 10.1. The zero-order valence-electron chi connectivity index (χ0n) is 14.2. The molecule has 26 heavy (non-hydrogen) atoms. The Hall–Kier alpha value is -2.79. The summed E-state index contributed by atoms with van der Waals surface area (Å²) in [5, 5.41) is 7.52. The van der Waals surface area contributed by atoms with Gasteiger partial charge in [0.25, 0.3) is 5.91 Å². The lowest BCUT2D eigenvalue weighted by molar-refractivity contribution is -0.119. The molecule has 2 atom stereocenters. The third-order valence-electron chi connectivity index (χ3n) is 4.74. The number of nitrogens with one attached hydrogen (secondary N) is 3. The molecule has 1 aliphatic carbocycles. The van der Waals surface area contributed by atoms with Crippen LogP contribution in [0.3, 0.4) is 0 Å². The average Bonchev–Trinajstić information content (AvgIpc) is 3.16. The van der Waals surface area contributed by atoms with E-state index in [0.29, 0.717) is 17.1 Å². The van der Waals surface area contributed by atoms with E-state index in [-0.39, 0.29) is 23.9 Å². The molecule has 0 aliphatic heterocycles. The standard InChI is InChI=1S/C20H18ClN3O2/c1-11(25)22-19-15-5-3-2-4-12(15)9-17(19)24-20(26)18-10-13-8-14(21)6-7-16(13)23-18/h2-8,10,17,19,23H,9H2,1H3,(H,22,25)(H,24,26)/t17-,19+/m1/s1. The van der Waals surface area contributed by atoms with Gasteiger partial charge >= 0.3 is 0 Å². The molecule has 1 heterocycles. The Labute approximate surface area is 155 Å². The van der Waals surface area contributed by atoms with Crippen LogP contribution in [0.2, 0.25) is 5.02 Å². The molecule has 0 spiro atoms. The number of hydrogen-bond acceptors (Lipinski definition) is 2. The van der Waals surface area contributed by atoms with Crippen LogP contribution in [0, 0.1) is 0 Å². The van der Waals surface area contributed by atoms with E-state index in [4.69, 9.17) is 11.6 Å². The second-order valence-corrected chi connectivity index (χ2v) is 7.01. The van der Waals surface area contributed by atoms with E-state index in [9.17, 15) is 9.59 Å². The van der Waals surface area contributed by atoms with Crippen molar-refractivity contribution in [1.29, 1.82) is 0 Å². The summed E-state index contributed by atoms with van der Waals surface area (Å²) in [4.78, 5) is 27.5. The topological polar surface area (TPSA) is 74.0 Å². The molecule has 0 unspecified atom stereocenters. The van der Waals surface area contributed by atoms with Crippen LogP contribution in [-0.2, 0) is 11.2 Å². The number of benzene rings is 2. The molecule has 1 aromatic heterocycles. The van der Waals surface area contributed by atoms with E-state index in [1.165, 1.54) is 6.92 Å². The van der Waals surface area contributed by atoms with Gasteiger partial charge in [0, 0.05) is 22.8 Å². The van der Waals surface area contributed by atoms with E-state index in [0.717, 1.165) is 22.0 Å². The highest BCUT2D eigenvalue weighted by atomic mass is 35.5. The molecular formula is C20H18ClN3O2. The Kier molecular flexibility index (Phi) is 4.17. The van der Waals surface area contributed by atoms with Gasteiger partial charge in [-0.1, -0.05) is 35.9 Å². The van der Waals surface area contributed by atoms with Crippen LogP contribution in [0.4, 0.5) is 0 Å². The molecule has 0 radical (unpaired) electrons. The summed E-state index contributed by atoms with van der Waals surface area (Å²) >= 11 is 6.01. The lowest BCUT2D eigenvalue weighted by Gasteiger charge is -2.22. The fraction of sp³-hybridized carbons (Fsp3) is 0.200. The zero-order chi connectivity index (χ0) is 18.3. The number of halogens is 1. The van der Waals surface area contributed by atoms with Crippen LogP contribution >= 0.6 is 11.6 Å². The second kappa shape index (κ2) is 6.50. The predicted molar refractivity (Wildman–Crippen MR) is 101 cm³/mol. The number of amides is 2. The molecule has 2 aromatic carbocycles. The van der Waals surface area contributed by atoms with Crippen LogP contribution in [-0.4, -0.2) is 22.8 Å². The van der Waals surface area contributed by atoms with E-state index >= 15 is 0 Å². The smallest absolute Gasteiger partial charge is 0.268 e. The molecule has 132 valence electrons. The summed E-state index contributed by atoms with van der Waals surface area (Å²) in [6, 6.07) is 14.7. The second-order valence-electron chi connectivity index (χ2n) is 6.58. The fourth-order valence-corrected chi connectivity index (χ4v) is 3.78. The molecule has 4 rings (SSSR count). The van der Waals surface area contributed by atoms with Gasteiger partial charge in [0.05, 0.1) is 12.1 Å². The van der Waals surface area contributed by atoms with Crippen LogP contribution < -0.4 is 10.6 Å². The van der Waals surface area contributed by atoms with Gasteiger partial charge < -0.3 is 15.6 Å². The van der Waals surface area contributed by atoms with Crippen molar-refractivity contribution in [2.45, 2.75) is 25.4 Å². The minimum atomic E-state index is -0.230. The lowest BCUT2D eigenvalue weighted by Crippen LogP contribution is -2.44. The first kappa shape index (κ1) is 16.7. The van der Waals surface area contributed by atoms with E-state index < -0.39 is 0 Å². The molecule has 2 amide bonds. The highest BCUT2D eigenvalue weighted by molar-refractivity contribution is 6.31. The molecular weight excluding hydrogens is 350 g/mol. The van der Waals surface area contributed by atoms with Gasteiger partial charge in [-0.3, -0.25) is 9.59 Å². The van der Waals surface area contributed by atoms with Gasteiger partial charge in [-0.15, -0.1) is 0 Å². The van der Waals surface area contributed by atoms with Crippen molar-refractivity contribution in [3.63, 3.8) is 0 Å². The summed E-state index contributed by atoms with van der Waals surface area (Å²) in [5.74, 6) is -0.323. The molecule has 0 bridgehead atoms. The predicted octanol–water partition coefficient (Wildman–Crippen LogP) is 3.35. The number of rotatable bonds is 3. The molecule has 0 fully saturated rings.